The molecule has 0 bridgehead atoms. The van der Waals surface area contributed by atoms with E-state index in [0.29, 0.717) is 22.3 Å². The molecule has 1 saturated heterocycles. The van der Waals surface area contributed by atoms with Crippen LogP contribution in [0.3, 0.4) is 0 Å². The normalized spacial score (nSPS) is 17.4. The molecule has 0 amide bonds. The third-order valence-electron chi connectivity index (χ3n) is 4.60. The maximum atomic E-state index is 12.7. The van der Waals surface area contributed by atoms with E-state index in [0.717, 1.165) is 29.1 Å². The van der Waals surface area contributed by atoms with E-state index in [1.807, 2.05) is 29.8 Å². The molecule has 0 aliphatic carbocycles. The lowest BCUT2D eigenvalue weighted by Crippen LogP contribution is -2.37. The number of hydrogen-bond acceptors (Lipinski definition) is 5. The molecule has 4 rings (SSSR count). The molecule has 1 fully saturated rings. The summed E-state index contributed by atoms with van der Waals surface area (Å²) in [6.07, 6.45) is 8.58. The Labute approximate surface area is 155 Å². The van der Waals surface area contributed by atoms with Crippen LogP contribution in [0, 0.1) is 6.92 Å². The molecule has 0 unspecified atom stereocenters. The zero-order valence-corrected chi connectivity index (χ0v) is 16.0. The Bertz CT molecular complexity index is 1020. The van der Waals surface area contributed by atoms with Gasteiger partial charge >= 0.3 is 0 Å². The number of piperidine rings is 1. The van der Waals surface area contributed by atoms with Gasteiger partial charge in [-0.3, -0.25) is 0 Å². The summed E-state index contributed by atoms with van der Waals surface area (Å²) in [7, 11) is -3.44. The molecule has 0 N–H and O–H groups in total. The second-order valence-electron chi connectivity index (χ2n) is 6.15. The van der Waals surface area contributed by atoms with Crippen LogP contribution < -0.4 is 0 Å². The third-order valence-corrected chi connectivity index (χ3v) is 8.17. The van der Waals surface area contributed by atoms with Gasteiger partial charge in [-0.1, -0.05) is 11.6 Å². The van der Waals surface area contributed by atoms with Gasteiger partial charge in [0.05, 0.1) is 11.2 Å². The summed E-state index contributed by atoms with van der Waals surface area (Å²) in [5, 5.41) is 1.45. The van der Waals surface area contributed by atoms with Gasteiger partial charge in [0.15, 0.2) is 4.21 Å². The summed E-state index contributed by atoms with van der Waals surface area (Å²) in [5.74, 6) is 0.244. The molecule has 9 heteroatoms. The van der Waals surface area contributed by atoms with Crippen molar-refractivity contribution >= 4 is 38.6 Å². The minimum absolute atomic E-state index is 0.244. The van der Waals surface area contributed by atoms with Crippen molar-refractivity contribution in [2.24, 2.45) is 0 Å². The standard InChI is InChI=1S/C16H17ClN4O2S2/c1-11-19-9-16(24-11)25(22,23)21-5-2-12(3-6-21)13-10-20-7-4-18-15(20)8-14(13)17/h4,7-10,12H,2-3,5-6H2,1H3. The number of imidazole rings is 1. The minimum Gasteiger partial charge on any atom is -0.307 e. The molecule has 0 aromatic carbocycles. The van der Waals surface area contributed by atoms with Crippen molar-refractivity contribution in [3.05, 3.63) is 46.4 Å². The van der Waals surface area contributed by atoms with Crippen molar-refractivity contribution in [3.63, 3.8) is 0 Å². The van der Waals surface area contributed by atoms with E-state index in [1.165, 1.54) is 17.5 Å². The first-order valence-electron chi connectivity index (χ1n) is 8.00. The van der Waals surface area contributed by atoms with Crippen molar-refractivity contribution < 1.29 is 8.42 Å². The maximum absolute atomic E-state index is 12.7. The molecule has 3 aromatic rings. The number of hydrogen-bond donors (Lipinski definition) is 0. The van der Waals surface area contributed by atoms with Gasteiger partial charge in [0, 0.05) is 42.8 Å². The zero-order valence-electron chi connectivity index (χ0n) is 13.6. The van der Waals surface area contributed by atoms with Gasteiger partial charge in [0.2, 0.25) is 0 Å². The quantitative estimate of drug-likeness (QED) is 0.681. The molecule has 0 radical (unpaired) electrons. The number of nitrogens with zero attached hydrogens (tertiary/aromatic N) is 4. The van der Waals surface area contributed by atoms with Crippen LogP contribution >= 0.6 is 22.9 Å². The fraction of sp³-hybridized carbons (Fsp3) is 0.375. The van der Waals surface area contributed by atoms with Gasteiger partial charge in [-0.25, -0.2) is 18.4 Å². The van der Waals surface area contributed by atoms with E-state index in [9.17, 15) is 8.42 Å². The molecular weight excluding hydrogens is 380 g/mol. The van der Waals surface area contributed by atoms with E-state index in [1.54, 1.807) is 10.5 Å². The Morgan fingerprint density at radius 1 is 1.28 bits per heavy atom. The highest BCUT2D eigenvalue weighted by Gasteiger charge is 2.32. The number of pyridine rings is 1. The Kier molecular flexibility index (Phi) is 4.31. The Morgan fingerprint density at radius 3 is 2.72 bits per heavy atom. The Hall–Kier alpha value is -1.48. The van der Waals surface area contributed by atoms with Crippen LogP contribution in [-0.2, 0) is 10.0 Å². The average Bonchev–Trinajstić information content (AvgIpc) is 3.23. The lowest BCUT2D eigenvalue weighted by atomic mass is 9.91. The van der Waals surface area contributed by atoms with Crippen LogP contribution in [0.15, 0.2) is 35.1 Å². The monoisotopic (exact) mass is 396 g/mol. The summed E-state index contributed by atoms with van der Waals surface area (Å²) in [6.45, 7) is 2.79. The van der Waals surface area contributed by atoms with Crippen LogP contribution in [0.4, 0.5) is 0 Å². The van der Waals surface area contributed by atoms with Crippen molar-refractivity contribution in [1.29, 1.82) is 0 Å². The smallest absolute Gasteiger partial charge is 0.254 e. The molecule has 3 aromatic heterocycles. The van der Waals surface area contributed by atoms with Gasteiger partial charge in [-0.05, 0) is 31.2 Å². The maximum Gasteiger partial charge on any atom is 0.254 e. The third kappa shape index (κ3) is 3.08. The second kappa shape index (κ2) is 6.35. The van der Waals surface area contributed by atoms with Crippen molar-refractivity contribution in [2.75, 3.05) is 13.1 Å². The Balaban J connectivity index is 1.53. The fourth-order valence-electron chi connectivity index (χ4n) is 3.25. The number of aryl methyl sites for hydroxylation is 1. The molecule has 1 aliphatic rings. The second-order valence-corrected chi connectivity index (χ2v) is 9.95. The number of fused-ring (bicyclic) bond motifs is 1. The summed E-state index contributed by atoms with van der Waals surface area (Å²) in [4.78, 5) is 8.29. The summed E-state index contributed by atoms with van der Waals surface area (Å²) >= 11 is 7.64. The Morgan fingerprint density at radius 2 is 2.04 bits per heavy atom. The number of aromatic nitrogens is 3. The molecule has 0 saturated carbocycles. The fourth-order valence-corrected chi connectivity index (χ4v) is 6.28. The van der Waals surface area contributed by atoms with E-state index in [4.69, 9.17) is 11.6 Å². The molecule has 4 heterocycles. The molecular formula is C16H17ClN4O2S2. The number of sulfonamides is 1. The van der Waals surface area contributed by atoms with Gasteiger partial charge < -0.3 is 4.40 Å². The average molecular weight is 397 g/mol. The van der Waals surface area contributed by atoms with Crippen molar-refractivity contribution in [1.82, 2.24) is 18.7 Å². The van der Waals surface area contributed by atoms with Crippen LogP contribution in [0.25, 0.3) is 5.65 Å². The van der Waals surface area contributed by atoms with Crippen LogP contribution in [0.5, 0.6) is 0 Å². The van der Waals surface area contributed by atoms with Gasteiger partial charge in [0.25, 0.3) is 10.0 Å². The van der Waals surface area contributed by atoms with E-state index in [-0.39, 0.29) is 5.92 Å². The van der Waals surface area contributed by atoms with Crippen LogP contribution in [0.1, 0.15) is 29.3 Å². The molecule has 1 aliphatic heterocycles. The van der Waals surface area contributed by atoms with E-state index in [2.05, 4.69) is 9.97 Å². The highest BCUT2D eigenvalue weighted by atomic mass is 35.5. The highest BCUT2D eigenvalue weighted by molar-refractivity contribution is 7.91. The highest BCUT2D eigenvalue weighted by Crippen LogP contribution is 2.35. The molecule has 132 valence electrons. The van der Waals surface area contributed by atoms with Crippen LogP contribution in [-0.4, -0.2) is 40.2 Å². The zero-order chi connectivity index (χ0) is 17.6. The lowest BCUT2D eigenvalue weighted by Gasteiger charge is -2.31. The molecule has 0 atom stereocenters. The van der Waals surface area contributed by atoms with Gasteiger partial charge in [-0.15, -0.1) is 11.3 Å². The lowest BCUT2D eigenvalue weighted by molar-refractivity contribution is 0.320. The predicted molar refractivity (Wildman–Crippen MR) is 97.8 cm³/mol. The summed E-state index contributed by atoms with van der Waals surface area (Å²) in [5.41, 5.74) is 1.87. The van der Waals surface area contributed by atoms with Gasteiger partial charge in [0.1, 0.15) is 5.65 Å². The topological polar surface area (TPSA) is 67.6 Å². The van der Waals surface area contributed by atoms with Crippen molar-refractivity contribution in [2.45, 2.75) is 29.9 Å². The molecule has 0 spiro atoms. The van der Waals surface area contributed by atoms with Crippen molar-refractivity contribution in [3.8, 4) is 0 Å². The number of rotatable bonds is 3. The summed E-state index contributed by atoms with van der Waals surface area (Å²) < 4.78 is 29.2. The number of thiazole rings is 1. The van der Waals surface area contributed by atoms with E-state index >= 15 is 0 Å². The molecule has 6 nitrogen and oxygen atoms in total. The first-order valence-corrected chi connectivity index (χ1v) is 10.6. The number of halogens is 1. The van der Waals surface area contributed by atoms with E-state index < -0.39 is 10.0 Å². The summed E-state index contributed by atoms with van der Waals surface area (Å²) in [6, 6.07) is 1.86. The first kappa shape index (κ1) is 17.0. The minimum atomic E-state index is -3.44. The van der Waals surface area contributed by atoms with Crippen LogP contribution in [0.2, 0.25) is 5.02 Å². The molecule has 25 heavy (non-hydrogen) atoms. The van der Waals surface area contributed by atoms with Gasteiger partial charge in [-0.2, -0.15) is 4.31 Å². The first-order chi connectivity index (χ1) is 11.9. The SMILES string of the molecule is Cc1ncc(S(=O)(=O)N2CCC(c3cn4ccnc4cc3Cl)CC2)s1. The largest absolute Gasteiger partial charge is 0.307 e. The predicted octanol–water partition coefficient (Wildman–Crippen LogP) is 3.32.